The molecule has 162 valence electrons. The molecule has 0 spiro atoms. The van der Waals surface area contributed by atoms with Gasteiger partial charge >= 0.3 is 0 Å². The number of benzene rings is 1. The van der Waals surface area contributed by atoms with Crippen LogP contribution in [0.5, 0.6) is 0 Å². The minimum atomic E-state index is -3.67. The minimum Gasteiger partial charge on any atom is -0.382 e. The molecule has 0 aliphatic heterocycles. The first-order chi connectivity index (χ1) is 13.9. The quantitative estimate of drug-likeness (QED) is 0.567. The average molecular weight is 445 g/mol. The van der Waals surface area contributed by atoms with Crippen LogP contribution in [0, 0.1) is 17.5 Å². The Morgan fingerprint density at radius 2 is 1.83 bits per heavy atom. The van der Waals surface area contributed by atoms with Gasteiger partial charge in [0.2, 0.25) is 0 Å². The van der Waals surface area contributed by atoms with E-state index >= 15 is 0 Å². The molecule has 0 aliphatic rings. The first kappa shape index (κ1) is 23.4. The van der Waals surface area contributed by atoms with Gasteiger partial charge in [0.1, 0.15) is 36.2 Å². The summed E-state index contributed by atoms with van der Waals surface area (Å²) in [6, 6.07) is 2.80. The largest absolute Gasteiger partial charge is 0.382 e. The van der Waals surface area contributed by atoms with Gasteiger partial charge in [-0.1, -0.05) is 13.0 Å². The van der Waals surface area contributed by atoms with Crippen LogP contribution in [0.1, 0.15) is 24.1 Å². The SMILES string of the molecule is CS(=O)(=O)O.C[C@@H](c1ncncc1F)[C@](O)(Cn1cncn1)c1ccc(F)cc1F. The average Bonchev–Trinajstić information content (AvgIpc) is 3.12. The summed E-state index contributed by atoms with van der Waals surface area (Å²) in [6.07, 6.45) is 5.38. The second-order valence-corrected chi connectivity index (χ2v) is 7.82. The van der Waals surface area contributed by atoms with Crippen molar-refractivity contribution in [2.45, 2.75) is 25.0 Å². The van der Waals surface area contributed by atoms with Crippen molar-refractivity contribution in [2.24, 2.45) is 0 Å². The van der Waals surface area contributed by atoms with Crippen molar-refractivity contribution in [1.82, 2.24) is 24.7 Å². The number of aromatic nitrogens is 5. The van der Waals surface area contributed by atoms with E-state index in [2.05, 4.69) is 20.1 Å². The molecule has 0 radical (unpaired) electrons. The summed E-state index contributed by atoms with van der Waals surface area (Å²) in [5, 5.41) is 15.2. The predicted molar refractivity (Wildman–Crippen MR) is 98.2 cm³/mol. The summed E-state index contributed by atoms with van der Waals surface area (Å²) in [5.74, 6) is -3.47. The molecule has 9 nitrogen and oxygen atoms in total. The molecule has 1 aromatic carbocycles. The number of hydrogen-bond acceptors (Lipinski definition) is 7. The Labute approximate surface area is 170 Å². The maximum absolute atomic E-state index is 14.4. The lowest BCUT2D eigenvalue weighted by atomic mass is 9.79. The molecule has 0 unspecified atom stereocenters. The monoisotopic (exact) mass is 445 g/mol. The Hall–Kier alpha value is -2.90. The molecular formula is C17H18F3N5O4S. The van der Waals surface area contributed by atoms with E-state index < -0.39 is 39.1 Å². The molecule has 2 N–H and O–H groups in total. The van der Waals surface area contributed by atoms with Gasteiger partial charge < -0.3 is 5.11 Å². The standard InChI is InChI=1S/C16H14F3N5O.CH4O3S/c1-10(15-14(19)5-20-7-22-15)16(25,6-24-9-21-8-23-24)12-3-2-11(17)4-13(12)18;1-5(2,3)4/h2-5,7-10,25H,6H2,1H3;1H3,(H,2,3,4)/t10-,16+;/m0./s1. The summed E-state index contributed by atoms with van der Waals surface area (Å²) in [5.41, 5.74) is -2.25. The zero-order chi connectivity index (χ0) is 22.5. The van der Waals surface area contributed by atoms with Gasteiger partial charge in [0.05, 0.1) is 24.7 Å². The second-order valence-electron chi connectivity index (χ2n) is 6.35. The summed E-state index contributed by atoms with van der Waals surface area (Å²) in [4.78, 5) is 11.2. The van der Waals surface area contributed by atoms with Crippen LogP contribution in [-0.2, 0) is 22.3 Å². The molecule has 2 aromatic heterocycles. The third-order valence-corrected chi connectivity index (χ3v) is 4.09. The van der Waals surface area contributed by atoms with Gasteiger partial charge in [0.15, 0.2) is 5.82 Å². The number of halogens is 3. The molecule has 0 saturated heterocycles. The molecule has 0 amide bonds. The highest BCUT2D eigenvalue weighted by molar-refractivity contribution is 7.85. The number of rotatable bonds is 5. The smallest absolute Gasteiger partial charge is 0.261 e. The maximum atomic E-state index is 14.4. The lowest BCUT2D eigenvalue weighted by Gasteiger charge is -2.34. The maximum Gasteiger partial charge on any atom is 0.261 e. The third kappa shape index (κ3) is 6.05. The zero-order valence-electron chi connectivity index (χ0n) is 15.8. The topological polar surface area (TPSA) is 131 Å². The van der Waals surface area contributed by atoms with Gasteiger partial charge in [-0.2, -0.15) is 13.5 Å². The molecule has 3 aromatic rings. The van der Waals surface area contributed by atoms with E-state index in [1.165, 1.54) is 24.3 Å². The van der Waals surface area contributed by atoms with Crippen molar-refractivity contribution in [1.29, 1.82) is 0 Å². The molecule has 13 heteroatoms. The number of aliphatic hydroxyl groups is 1. The van der Waals surface area contributed by atoms with E-state index in [4.69, 9.17) is 4.55 Å². The van der Waals surface area contributed by atoms with Gasteiger partial charge in [-0.25, -0.2) is 32.8 Å². The Bertz CT molecular complexity index is 1090. The molecule has 30 heavy (non-hydrogen) atoms. The molecule has 2 heterocycles. The van der Waals surface area contributed by atoms with Crippen molar-refractivity contribution >= 4 is 10.1 Å². The molecule has 0 fully saturated rings. The number of hydrogen-bond donors (Lipinski definition) is 2. The third-order valence-electron chi connectivity index (χ3n) is 4.09. The van der Waals surface area contributed by atoms with E-state index in [1.807, 2.05) is 0 Å². The van der Waals surface area contributed by atoms with Crippen molar-refractivity contribution in [3.05, 3.63) is 72.1 Å². The molecule has 0 aliphatic carbocycles. The Morgan fingerprint density at radius 3 is 2.37 bits per heavy atom. The predicted octanol–water partition coefficient (Wildman–Crippen LogP) is 1.68. The van der Waals surface area contributed by atoms with Crippen LogP contribution in [0.15, 0.2) is 43.4 Å². The van der Waals surface area contributed by atoms with Crippen LogP contribution in [0.2, 0.25) is 0 Å². The molecule has 0 bridgehead atoms. The van der Waals surface area contributed by atoms with Gasteiger partial charge in [-0.3, -0.25) is 4.55 Å². The highest BCUT2D eigenvalue weighted by Crippen LogP contribution is 2.39. The highest BCUT2D eigenvalue weighted by atomic mass is 32.2. The highest BCUT2D eigenvalue weighted by Gasteiger charge is 2.41. The van der Waals surface area contributed by atoms with Gasteiger partial charge in [0.25, 0.3) is 10.1 Å². The van der Waals surface area contributed by atoms with Crippen molar-refractivity contribution in [3.63, 3.8) is 0 Å². The lowest BCUT2D eigenvalue weighted by Crippen LogP contribution is -2.39. The van der Waals surface area contributed by atoms with Gasteiger partial charge in [-0.05, 0) is 6.07 Å². The molecule has 2 atom stereocenters. The lowest BCUT2D eigenvalue weighted by molar-refractivity contribution is -0.0133. The summed E-state index contributed by atoms with van der Waals surface area (Å²) in [6.45, 7) is 1.26. The number of nitrogens with zero attached hydrogens (tertiary/aromatic N) is 5. The Morgan fingerprint density at radius 1 is 1.17 bits per heavy atom. The van der Waals surface area contributed by atoms with E-state index in [1.54, 1.807) is 0 Å². The van der Waals surface area contributed by atoms with Gasteiger partial charge in [-0.15, -0.1) is 0 Å². The van der Waals surface area contributed by atoms with Crippen LogP contribution in [0.3, 0.4) is 0 Å². The van der Waals surface area contributed by atoms with E-state index in [0.29, 0.717) is 12.3 Å². The molecular weight excluding hydrogens is 427 g/mol. The van der Waals surface area contributed by atoms with Crippen LogP contribution in [-0.4, -0.2) is 49.1 Å². The zero-order valence-corrected chi connectivity index (χ0v) is 16.6. The second kappa shape index (κ2) is 9.28. The minimum absolute atomic E-state index is 0.0960. The Kier molecular flexibility index (Phi) is 7.23. The van der Waals surface area contributed by atoms with Crippen LogP contribution in [0.25, 0.3) is 0 Å². The van der Waals surface area contributed by atoms with E-state index in [0.717, 1.165) is 24.7 Å². The Balaban J connectivity index is 0.000000575. The fraction of sp³-hybridized carbons (Fsp3) is 0.294. The summed E-state index contributed by atoms with van der Waals surface area (Å²) < 4.78 is 68.9. The molecule has 3 rings (SSSR count). The van der Waals surface area contributed by atoms with Crippen LogP contribution < -0.4 is 0 Å². The summed E-state index contributed by atoms with van der Waals surface area (Å²) >= 11 is 0. The normalized spacial score (nSPS) is 14.4. The van der Waals surface area contributed by atoms with E-state index in [-0.39, 0.29) is 17.8 Å². The van der Waals surface area contributed by atoms with E-state index in [9.17, 15) is 26.7 Å². The van der Waals surface area contributed by atoms with Crippen LogP contribution >= 0.6 is 0 Å². The summed E-state index contributed by atoms with van der Waals surface area (Å²) in [7, 11) is -3.67. The molecule has 0 saturated carbocycles. The van der Waals surface area contributed by atoms with Crippen molar-refractivity contribution < 1.29 is 31.2 Å². The fourth-order valence-corrected chi connectivity index (χ4v) is 2.72. The van der Waals surface area contributed by atoms with Crippen molar-refractivity contribution in [2.75, 3.05) is 6.26 Å². The first-order valence-corrected chi connectivity index (χ1v) is 10.1. The first-order valence-electron chi connectivity index (χ1n) is 8.30. The van der Waals surface area contributed by atoms with Gasteiger partial charge in [0, 0.05) is 17.5 Å². The van der Waals surface area contributed by atoms with Crippen molar-refractivity contribution in [3.8, 4) is 0 Å². The van der Waals surface area contributed by atoms with Crippen LogP contribution in [0.4, 0.5) is 13.2 Å². The fourth-order valence-electron chi connectivity index (χ4n) is 2.72.